The zero-order valence-electron chi connectivity index (χ0n) is 33.7. The summed E-state index contributed by atoms with van der Waals surface area (Å²) >= 11 is 0. The molecule has 7 aliphatic carbocycles. The normalized spacial score (nSPS) is 48.2. The van der Waals surface area contributed by atoms with Crippen molar-refractivity contribution in [1.82, 2.24) is 10.2 Å². The molecule has 6 fully saturated rings. The summed E-state index contributed by atoms with van der Waals surface area (Å²) in [6.07, 6.45) is 16.7. The number of fused-ring (bicyclic) bond motifs is 8. The number of hydrogen-bond acceptors (Lipinski definition) is 5. The summed E-state index contributed by atoms with van der Waals surface area (Å²) in [7, 11) is -2.84. The Bertz CT molecular complexity index is 1690. The smallest absolute Gasteiger partial charge is 0.313 e. The van der Waals surface area contributed by atoms with Gasteiger partial charge in [0.2, 0.25) is 0 Å². The minimum atomic E-state index is -2.84. The average molecular weight is 753 g/mol. The lowest BCUT2D eigenvalue weighted by Gasteiger charge is -2.72. The minimum absolute atomic E-state index is 0.0303. The second-order valence-electron chi connectivity index (χ2n) is 21.1. The number of halogens is 1. The molecule has 0 aromatic heterocycles. The van der Waals surface area contributed by atoms with Crippen LogP contribution in [0, 0.1) is 68.0 Å². The lowest BCUT2D eigenvalue weighted by atomic mass is 9.32. The van der Waals surface area contributed by atoms with E-state index in [2.05, 4.69) is 70.5 Å². The fourth-order valence-corrected chi connectivity index (χ4v) is 17.0. The number of carboxylic acids is 1. The zero-order valence-corrected chi connectivity index (χ0v) is 34.6. The summed E-state index contributed by atoms with van der Waals surface area (Å²) in [5, 5.41) is 13.8. The van der Waals surface area contributed by atoms with Crippen molar-refractivity contribution in [2.75, 3.05) is 44.2 Å². The van der Waals surface area contributed by atoms with E-state index < -0.39 is 27.4 Å². The number of carboxylic acid groups (broad SMARTS) is 1. The number of hydrogen-bond donors (Lipinski definition) is 2. The molecule has 0 aromatic carbocycles. The predicted octanol–water partition coefficient (Wildman–Crippen LogP) is 8.65. The van der Waals surface area contributed by atoms with Gasteiger partial charge in [-0.1, -0.05) is 58.9 Å². The highest BCUT2D eigenvalue weighted by atomic mass is 32.2. The number of nitrogens with one attached hydrogen (secondary N) is 1. The van der Waals surface area contributed by atoms with Gasteiger partial charge in [-0.2, -0.15) is 0 Å². The topological polar surface area (TPSA) is 86.7 Å². The molecule has 1 saturated heterocycles. The Kier molecular flexibility index (Phi) is 9.23. The minimum Gasteiger partial charge on any atom is -0.481 e. The van der Waals surface area contributed by atoms with E-state index in [4.69, 9.17) is 0 Å². The van der Waals surface area contributed by atoms with Crippen molar-refractivity contribution >= 4 is 15.8 Å². The summed E-state index contributed by atoms with van der Waals surface area (Å²) < 4.78 is 38.7. The van der Waals surface area contributed by atoms with Gasteiger partial charge >= 0.3 is 5.97 Å². The first-order valence-electron chi connectivity index (χ1n) is 21.4. The van der Waals surface area contributed by atoms with Crippen LogP contribution in [0.2, 0.25) is 0 Å². The third-order valence-corrected chi connectivity index (χ3v) is 20.4. The number of aliphatic carboxylic acids is 1. The lowest BCUT2D eigenvalue weighted by Crippen LogP contribution is -2.66. The zero-order chi connectivity index (χ0) is 38.0. The first kappa shape index (κ1) is 38.4. The summed E-state index contributed by atoms with van der Waals surface area (Å²) in [4.78, 5) is 14.3. The van der Waals surface area contributed by atoms with E-state index in [1.165, 1.54) is 68.1 Å². The third-order valence-electron chi connectivity index (χ3n) is 18.8. The molecule has 0 aromatic rings. The standard InChI is InChI=1S/C45H69FN2O4S/c1-29(2)31-12-17-44(28-47-21-8-22-48-23-25-53(51,52)26-24-48)20-19-42(6)33(37(31)44)9-10-36-41(5)15-13-32(40(3,4)35(41)14-16-43(36,42)7)30-11-18-45(39(49)50)34(27-30)38(45)46/h11,13,31,33-38,47H,1,8-10,12,14-28H2,2-7H3,(H,49,50)/t31-,33+,34?,35-,36+,37+,38?,41-,42+,43+,44+,45+/m0/s1. The van der Waals surface area contributed by atoms with Crippen molar-refractivity contribution in [1.29, 1.82) is 0 Å². The van der Waals surface area contributed by atoms with Crippen LogP contribution in [0.1, 0.15) is 119 Å². The van der Waals surface area contributed by atoms with E-state index in [1.807, 2.05) is 0 Å². The van der Waals surface area contributed by atoms with Crippen LogP contribution >= 0.6 is 0 Å². The van der Waals surface area contributed by atoms with Crippen LogP contribution in [0.25, 0.3) is 0 Å². The van der Waals surface area contributed by atoms with Crippen LogP contribution in [-0.4, -0.2) is 74.8 Å². The molecule has 8 aliphatic rings. The number of sulfone groups is 1. The molecule has 5 saturated carbocycles. The molecule has 0 bridgehead atoms. The first-order valence-corrected chi connectivity index (χ1v) is 23.2. The monoisotopic (exact) mass is 752 g/mol. The van der Waals surface area contributed by atoms with Gasteiger partial charge in [0, 0.05) is 25.6 Å². The molecule has 12 atom stereocenters. The van der Waals surface area contributed by atoms with Crippen molar-refractivity contribution in [3.05, 3.63) is 35.5 Å². The van der Waals surface area contributed by atoms with Gasteiger partial charge in [0.1, 0.15) is 11.6 Å². The summed E-state index contributed by atoms with van der Waals surface area (Å²) in [6, 6.07) is 0. The molecule has 8 heteroatoms. The van der Waals surface area contributed by atoms with E-state index in [1.54, 1.807) is 0 Å². The fraction of sp³-hybridized carbons (Fsp3) is 0.844. The molecule has 1 heterocycles. The molecular formula is C45H69FN2O4S. The molecule has 2 unspecified atom stereocenters. The second-order valence-corrected chi connectivity index (χ2v) is 23.4. The highest BCUT2D eigenvalue weighted by molar-refractivity contribution is 7.91. The summed E-state index contributed by atoms with van der Waals surface area (Å²) in [5.41, 5.74) is 3.89. The van der Waals surface area contributed by atoms with Crippen molar-refractivity contribution in [3.63, 3.8) is 0 Å². The Morgan fingerprint density at radius 2 is 1.68 bits per heavy atom. The molecule has 1 aliphatic heterocycles. The van der Waals surface area contributed by atoms with E-state index in [0.717, 1.165) is 32.5 Å². The molecule has 8 rings (SSSR count). The number of carbonyl (C=O) groups is 1. The van der Waals surface area contributed by atoms with Gasteiger partial charge < -0.3 is 15.3 Å². The average Bonchev–Trinajstić information content (AvgIpc) is 3.50. The molecule has 296 valence electrons. The predicted molar refractivity (Wildman–Crippen MR) is 211 cm³/mol. The van der Waals surface area contributed by atoms with Gasteiger partial charge in [-0.25, -0.2) is 12.8 Å². The maximum Gasteiger partial charge on any atom is 0.313 e. The van der Waals surface area contributed by atoms with Crippen LogP contribution in [-0.2, 0) is 14.6 Å². The second kappa shape index (κ2) is 12.7. The molecule has 0 amide bonds. The summed E-state index contributed by atoms with van der Waals surface area (Å²) in [5.74, 6) is 2.47. The van der Waals surface area contributed by atoms with Crippen molar-refractivity contribution in [2.24, 2.45) is 68.0 Å². The van der Waals surface area contributed by atoms with Crippen LogP contribution < -0.4 is 5.32 Å². The van der Waals surface area contributed by atoms with E-state index in [0.29, 0.717) is 72.4 Å². The van der Waals surface area contributed by atoms with Crippen molar-refractivity contribution in [3.8, 4) is 0 Å². The van der Waals surface area contributed by atoms with Crippen molar-refractivity contribution < 1.29 is 22.7 Å². The molecule has 2 N–H and O–H groups in total. The van der Waals surface area contributed by atoms with Gasteiger partial charge in [-0.05, 0) is 165 Å². The largest absolute Gasteiger partial charge is 0.481 e. The quantitative estimate of drug-likeness (QED) is 0.181. The Labute approximate surface area is 320 Å². The highest BCUT2D eigenvalue weighted by Gasteiger charge is 2.73. The van der Waals surface area contributed by atoms with E-state index >= 15 is 0 Å². The maximum absolute atomic E-state index is 14.9. The first-order chi connectivity index (χ1) is 24.9. The van der Waals surface area contributed by atoms with Gasteiger partial charge in [0.15, 0.2) is 9.84 Å². The van der Waals surface area contributed by atoms with Gasteiger partial charge in [-0.15, -0.1) is 0 Å². The van der Waals surface area contributed by atoms with Gasteiger partial charge in [0.25, 0.3) is 0 Å². The molecular weight excluding hydrogens is 684 g/mol. The summed E-state index contributed by atoms with van der Waals surface area (Å²) in [6.45, 7) is 24.3. The number of alkyl halides is 1. The SMILES string of the molecule is C=C(C)[C@@H]1CC[C@]2(CNCCCN3CCS(=O)(=O)CC3)CC[C@]3(C)[C@H](CC[C@@H]4[C@@]5(C)CC=C(C6=CC[C@]7(C(=O)O)C(F)C7C6)C(C)(C)[C@@H]5CC[C@]43C)[C@@H]12. The number of rotatable bonds is 9. The number of nitrogens with zero attached hydrogens (tertiary/aromatic N) is 1. The highest BCUT2D eigenvalue weighted by Crippen LogP contribution is 2.78. The Morgan fingerprint density at radius 3 is 2.36 bits per heavy atom. The van der Waals surface area contributed by atoms with E-state index in [9.17, 15) is 22.7 Å². The van der Waals surface area contributed by atoms with Crippen LogP contribution in [0.4, 0.5) is 4.39 Å². The third kappa shape index (κ3) is 5.53. The van der Waals surface area contributed by atoms with Crippen LogP contribution in [0.3, 0.4) is 0 Å². The molecule has 0 spiro atoms. The fourth-order valence-electron chi connectivity index (χ4n) is 15.7. The number of allylic oxidation sites excluding steroid dienone is 5. The molecule has 6 nitrogen and oxygen atoms in total. The lowest BCUT2D eigenvalue weighted by molar-refractivity contribution is -0.226. The van der Waals surface area contributed by atoms with Crippen LogP contribution in [0.15, 0.2) is 35.5 Å². The van der Waals surface area contributed by atoms with Gasteiger partial charge in [0.05, 0.1) is 11.5 Å². The Morgan fingerprint density at radius 1 is 0.943 bits per heavy atom. The molecule has 53 heavy (non-hydrogen) atoms. The Hall–Kier alpha value is -1.51. The van der Waals surface area contributed by atoms with Gasteiger partial charge in [-0.3, -0.25) is 4.79 Å². The van der Waals surface area contributed by atoms with Crippen LogP contribution in [0.5, 0.6) is 0 Å². The van der Waals surface area contributed by atoms with Crippen molar-refractivity contribution in [2.45, 2.75) is 125 Å². The Balaban J connectivity index is 0.996. The molecule has 0 radical (unpaired) electrons. The van der Waals surface area contributed by atoms with E-state index in [-0.39, 0.29) is 27.6 Å². The maximum atomic E-state index is 14.9.